The monoisotopic (exact) mass is 308 g/mol. The zero-order valence-electron chi connectivity index (χ0n) is 12.7. The number of hydrogen-bond donors (Lipinski definition) is 2. The molecule has 2 N–H and O–H groups in total. The van der Waals surface area contributed by atoms with E-state index in [0.29, 0.717) is 23.1 Å². The van der Waals surface area contributed by atoms with Crippen molar-refractivity contribution in [2.24, 2.45) is 0 Å². The van der Waals surface area contributed by atoms with Crippen molar-refractivity contribution in [1.82, 2.24) is 9.97 Å². The van der Waals surface area contributed by atoms with Crippen LogP contribution in [0.3, 0.4) is 0 Å². The molecule has 0 aliphatic carbocycles. The van der Waals surface area contributed by atoms with Gasteiger partial charge in [-0.25, -0.2) is 9.78 Å². The van der Waals surface area contributed by atoms with E-state index >= 15 is 0 Å². The van der Waals surface area contributed by atoms with E-state index < -0.39 is 5.97 Å². The summed E-state index contributed by atoms with van der Waals surface area (Å²) in [7, 11) is 0. The number of aromatic nitrogens is 2. The highest BCUT2D eigenvalue weighted by Crippen LogP contribution is 2.13. The van der Waals surface area contributed by atoms with Crippen molar-refractivity contribution in [3.05, 3.63) is 75.2 Å². The number of fused-ring (bicyclic) bond motifs is 1. The average Bonchev–Trinajstić information content (AvgIpc) is 2.55. The molecule has 0 atom stereocenters. The predicted octanol–water partition coefficient (Wildman–Crippen LogP) is 2.77. The molecule has 0 saturated carbocycles. The number of carboxylic acids is 1. The number of carboxylic acid groups (broad SMARTS) is 1. The van der Waals surface area contributed by atoms with E-state index in [1.165, 1.54) is 17.7 Å². The predicted molar refractivity (Wildman–Crippen MR) is 87.9 cm³/mol. The van der Waals surface area contributed by atoms with Crippen molar-refractivity contribution in [1.29, 1.82) is 0 Å². The van der Waals surface area contributed by atoms with Gasteiger partial charge in [-0.15, -0.1) is 0 Å². The van der Waals surface area contributed by atoms with Gasteiger partial charge in [0.2, 0.25) is 0 Å². The van der Waals surface area contributed by atoms with Crippen molar-refractivity contribution in [3.8, 4) is 0 Å². The largest absolute Gasteiger partial charge is 0.478 e. The van der Waals surface area contributed by atoms with Gasteiger partial charge in [0.15, 0.2) is 0 Å². The lowest BCUT2D eigenvalue weighted by atomic mass is 10.1. The number of carbonyl (C=O) groups is 1. The van der Waals surface area contributed by atoms with Crippen molar-refractivity contribution in [3.63, 3.8) is 0 Å². The molecule has 3 rings (SSSR count). The Balaban J connectivity index is 2.00. The molecule has 2 aromatic carbocycles. The molecule has 3 aromatic rings. The molecular formula is C18H16N2O3. The minimum atomic E-state index is -1.02. The van der Waals surface area contributed by atoms with Gasteiger partial charge < -0.3 is 10.1 Å². The summed E-state index contributed by atoms with van der Waals surface area (Å²) in [4.78, 5) is 30.3. The third kappa shape index (κ3) is 3.13. The van der Waals surface area contributed by atoms with Crippen LogP contribution in [0.2, 0.25) is 0 Å². The van der Waals surface area contributed by atoms with Crippen LogP contribution < -0.4 is 5.56 Å². The highest BCUT2D eigenvalue weighted by atomic mass is 16.4. The van der Waals surface area contributed by atoms with Crippen molar-refractivity contribution in [2.45, 2.75) is 19.8 Å². The van der Waals surface area contributed by atoms with Gasteiger partial charge in [-0.2, -0.15) is 0 Å². The molecule has 0 radical (unpaired) electrons. The fourth-order valence-electron chi connectivity index (χ4n) is 2.46. The maximum Gasteiger partial charge on any atom is 0.335 e. The van der Waals surface area contributed by atoms with Crippen LogP contribution in [0.1, 0.15) is 34.1 Å². The zero-order valence-corrected chi connectivity index (χ0v) is 12.7. The Kier molecular flexibility index (Phi) is 3.93. The highest BCUT2D eigenvalue weighted by molar-refractivity contribution is 5.92. The number of nitrogens with zero attached hydrogens (tertiary/aromatic N) is 1. The summed E-state index contributed by atoms with van der Waals surface area (Å²) in [5, 5.41) is 9.05. The third-order valence-corrected chi connectivity index (χ3v) is 3.81. The van der Waals surface area contributed by atoms with E-state index in [9.17, 15) is 9.59 Å². The van der Waals surface area contributed by atoms with E-state index in [1.807, 2.05) is 24.3 Å². The molecule has 0 unspecified atom stereocenters. The highest BCUT2D eigenvalue weighted by Gasteiger charge is 2.09. The van der Waals surface area contributed by atoms with Crippen LogP contribution in [0, 0.1) is 0 Å². The van der Waals surface area contributed by atoms with Gasteiger partial charge in [-0.3, -0.25) is 4.79 Å². The molecule has 1 heterocycles. The Hall–Kier alpha value is -2.95. The van der Waals surface area contributed by atoms with Gasteiger partial charge in [0.25, 0.3) is 5.56 Å². The van der Waals surface area contributed by atoms with Crippen LogP contribution in [-0.4, -0.2) is 21.0 Å². The second-order valence-electron chi connectivity index (χ2n) is 5.40. The lowest BCUT2D eigenvalue weighted by molar-refractivity contribution is 0.0697. The van der Waals surface area contributed by atoms with Crippen molar-refractivity contribution >= 4 is 17.0 Å². The Bertz CT molecular complexity index is 927. The molecule has 0 saturated heterocycles. The molecule has 0 amide bonds. The maximum absolute atomic E-state index is 12.1. The van der Waals surface area contributed by atoms with Gasteiger partial charge in [0, 0.05) is 6.42 Å². The molecule has 5 heteroatoms. The van der Waals surface area contributed by atoms with E-state index in [0.717, 1.165) is 12.0 Å². The fraction of sp³-hybridized carbons (Fsp3) is 0.167. The molecule has 23 heavy (non-hydrogen) atoms. The molecular weight excluding hydrogens is 292 g/mol. The van der Waals surface area contributed by atoms with Gasteiger partial charge >= 0.3 is 5.97 Å². The summed E-state index contributed by atoms with van der Waals surface area (Å²) in [6.07, 6.45) is 1.37. The molecule has 1 aromatic heterocycles. The second-order valence-corrected chi connectivity index (χ2v) is 5.40. The third-order valence-electron chi connectivity index (χ3n) is 3.81. The first-order valence-electron chi connectivity index (χ1n) is 7.41. The fourth-order valence-corrected chi connectivity index (χ4v) is 2.46. The number of hydrogen-bond acceptors (Lipinski definition) is 3. The lowest BCUT2D eigenvalue weighted by Gasteiger charge is -2.05. The zero-order chi connectivity index (χ0) is 16.4. The molecule has 0 aliphatic rings. The number of nitrogens with one attached hydrogen (secondary N) is 1. The topological polar surface area (TPSA) is 83.0 Å². The molecule has 116 valence electrons. The van der Waals surface area contributed by atoms with Crippen LogP contribution in [0.15, 0.2) is 47.3 Å². The van der Waals surface area contributed by atoms with E-state index in [1.54, 1.807) is 6.07 Å². The quantitative estimate of drug-likeness (QED) is 0.776. The summed E-state index contributed by atoms with van der Waals surface area (Å²) in [6, 6.07) is 12.5. The minimum Gasteiger partial charge on any atom is -0.478 e. The standard InChI is InChI=1S/C18H16N2O3/c1-2-11-3-5-12(6-4-11)9-16-17(21)20-14-8-7-13(18(22)23)10-15(14)19-16/h3-8,10H,2,9H2,1H3,(H,20,21)(H,22,23). The number of H-pyrrole nitrogens is 1. The van der Waals surface area contributed by atoms with Crippen LogP contribution in [0.4, 0.5) is 0 Å². The molecule has 0 spiro atoms. The summed E-state index contributed by atoms with van der Waals surface area (Å²) >= 11 is 0. The van der Waals surface area contributed by atoms with Crippen molar-refractivity contribution < 1.29 is 9.90 Å². The number of aromatic amines is 1. The summed E-state index contributed by atoms with van der Waals surface area (Å²) in [5.41, 5.74) is 3.52. The maximum atomic E-state index is 12.1. The number of rotatable bonds is 4. The van der Waals surface area contributed by atoms with Crippen LogP contribution in [-0.2, 0) is 12.8 Å². The first kappa shape index (κ1) is 15.0. The number of aromatic carboxylic acids is 1. The van der Waals surface area contributed by atoms with Gasteiger partial charge in [0.05, 0.1) is 16.6 Å². The van der Waals surface area contributed by atoms with E-state index in [-0.39, 0.29) is 11.1 Å². The van der Waals surface area contributed by atoms with E-state index in [4.69, 9.17) is 5.11 Å². The molecule has 5 nitrogen and oxygen atoms in total. The molecule has 0 bridgehead atoms. The lowest BCUT2D eigenvalue weighted by Crippen LogP contribution is -2.15. The first-order chi connectivity index (χ1) is 11.1. The minimum absolute atomic E-state index is 0.148. The summed E-state index contributed by atoms with van der Waals surface area (Å²) in [5.74, 6) is -1.02. The molecule has 0 fully saturated rings. The molecule has 0 aliphatic heterocycles. The summed E-state index contributed by atoms with van der Waals surface area (Å²) in [6.45, 7) is 2.09. The van der Waals surface area contributed by atoms with Gasteiger partial charge in [-0.1, -0.05) is 31.2 Å². The average molecular weight is 308 g/mol. The van der Waals surface area contributed by atoms with Crippen LogP contribution >= 0.6 is 0 Å². The normalized spacial score (nSPS) is 10.8. The Morgan fingerprint density at radius 2 is 1.83 bits per heavy atom. The van der Waals surface area contributed by atoms with Crippen molar-refractivity contribution in [2.75, 3.05) is 0 Å². The summed E-state index contributed by atoms with van der Waals surface area (Å²) < 4.78 is 0. The number of benzene rings is 2. The van der Waals surface area contributed by atoms with Gasteiger partial charge in [0.1, 0.15) is 5.69 Å². The Morgan fingerprint density at radius 1 is 1.13 bits per heavy atom. The van der Waals surface area contributed by atoms with Crippen LogP contribution in [0.5, 0.6) is 0 Å². The van der Waals surface area contributed by atoms with Crippen LogP contribution in [0.25, 0.3) is 11.0 Å². The first-order valence-corrected chi connectivity index (χ1v) is 7.41. The Labute approximate surface area is 132 Å². The second kappa shape index (κ2) is 6.04. The van der Waals surface area contributed by atoms with Gasteiger partial charge in [-0.05, 0) is 35.7 Å². The Morgan fingerprint density at radius 3 is 2.48 bits per heavy atom. The number of aryl methyl sites for hydroxylation is 1. The van der Waals surface area contributed by atoms with E-state index in [2.05, 4.69) is 16.9 Å². The SMILES string of the molecule is CCc1ccc(Cc2nc3cc(C(=O)O)ccc3[nH]c2=O)cc1. The smallest absolute Gasteiger partial charge is 0.335 e.